The minimum absolute atomic E-state index is 0.0395. The van der Waals surface area contributed by atoms with Gasteiger partial charge in [-0.1, -0.05) is 13.3 Å². The number of fused-ring (bicyclic) bond motifs is 1. The highest BCUT2D eigenvalue weighted by molar-refractivity contribution is 5.83. The Hall–Kier alpha value is -2.56. The summed E-state index contributed by atoms with van der Waals surface area (Å²) in [4.78, 5) is 19.8. The Morgan fingerprint density at radius 2 is 2.26 bits per heavy atom. The van der Waals surface area contributed by atoms with Crippen LogP contribution in [-0.4, -0.2) is 26.5 Å². The number of aromatic amines is 1. The Bertz CT molecular complexity index is 769. The number of hydrogen-bond donors (Lipinski definition) is 2. The first-order valence-corrected chi connectivity index (χ1v) is 8.06. The predicted molar refractivity (Wildman–Crippen MR) is 92.0 cm³/mol. The van der Waals surface area contributed by atoms with Gasteiger partial charge in [0.05, 0.1) is 11.4 Å². The summed E-state index contributed by atoms with van der Waals surface area (Å²) in [5, 5.41) is 4.11. The molecular weight excluding hydrogens is 288 g/mol. The highest BCUT2D eigenvalue weighted by Gasteiger charge is 2.12. The average Bonchev–Trinajstić information content (AvgIpc) is 3.12. The number of rotatable bonds is 6. The van der Waals surface area contributed by atoms with Crippen LogP contribution in [0.1, 0.15) is 26.7 Å². The Morgan fingerprint density at radius 1 is 1.39 bits per heavy atom. The molecule has 5 heteroatoms. The lowest BCUT2D eigenvalue weighted by atomic mass is 10.2. The van der Waals surface area contributed by atoms with Crippen molar-refractivity contribution >= 4 is 16.9 Å². The molecule has 0 aliphatic rings. The summed E-state index contributed by atoms with van der Waals surface area (Å²) in [5.41, 5.74) is 2.82. The van der Waals surface area contributed by atoms with E-state index >= 15 is 0 Å². The lowest BCUT2D eigenvalue weighted by Gasteiger charge is -2.14. The number of nitrogens with zero attached hydrogens (tertiary/aromatic N) is 2. The zero-order valence-electron chi connectivity index (χ0n) is 13.5. The molecule has 0 aliphatic heterocycles. The number of aromatic nitrogens is 3. The Kier molecular flexibility index (Phi) is 4.46. The Morgan fingerprint density at radius 3 is 3.04 bits per heavy atom. The van der Waals surface area contributed by atoms with Crippen molar-refractivity contribution in [1.29, 1.82) is 0 Å². The molecular formula is C18H22N4O. The molecule has 0 fully saturated rings. The molecule has 23 heavy (non-hydrogen) atoms. The number of pyridine rings is 1. The maximum absolute atomic E-state index is 12.2. The molecule has 3 rings (SSSR count). The molecule has 0 aromatic carbocycles. The minimum Gasteiger partial charge on any atom is -0.352 e. The Balaban J connectivity index is 1.78. The summed E-state index contributed by atoms with van der Waals surface area (Å²) < 4.78 is 1.96. The molecule has 3 aromatic heterocycles. The molecule has 0 aliphatic carbocycles. The number of H-pyrrole nitrogens is 1. The SMILES string of the molecule is CCCC(C)NC(=O)Cn1cccc1-c1cc2cccnc2[nH]1. The Labute approximate surface area is 135 Å². The van der Waals surface area contributed by atoms with E-state index in [0.29, 0.717) is 6.54 Å². The van der Waals surface area contributed by atoms with Gasteiger partial charge < -0.3 is 14.9 Å². The van der Waals surface area contributed by atoms with Crippen molar-refractivity contribution in [2.45, 2.75) is 39.3 Å². The van der Waals surface area contributed by atoms with Gasteiger partial charge in [0.25, 0.3) is 0 Å². The fourth-order valence-electron chi connectivity index (χ4n) is 2.87. The molecule has 3 heterocycles. The monoisotopic (exact) mass is 310 g/mol. The van der Waals surface area contributed by atoms with Crippen molar-refractivity contribution in [3.05, 3.63) is 42.7 Å². The van der Waals surface area contributed by atoms with E-state index in [0.717, 1.165) is 35.3 Å². The van der Waals surface area contributed by atoms with Gasteiger partial charge in [0.1, 0.15) is 12.2 Å². The van der Waals surface area contributed by atoms with E-state index in [-0.39, 0.29) is 11.9 Å². The molecule has 0 radical (unpaired) electrons. The number of hydrogen-bond acceptors (Lipinski definition) is 2. The molecule has 0 spiro atoms. The largest absolute Gasteiger partial charge is 0.352 e. The summed E-state index contributed by atoms with van der Waals surface area (Å²) in [5.74, 6) is 0.0395. The number of carbonyl (C=O) groups is 1. The van der Waals surface area contributed by atoms with E-state index in [2.05, 4.69) is 28.3 Å². The standard InChI is InChI=1S/C18H22N4O/c1-3-6-13(2)20-17(23)12-22-10-5-8-16(22)15-11-14-7-4-9-19-18(14)21-15/h4-5,7-11,13H,3,6,12H2,1-2H3,(H,19,21)(H,20,23). The van der Waals surface area contributed by atoms with Gasteiger partial charge in [-0.2, -0.15) is 0 Å². The second kappa shape index (κ2) is 6.69. The van der Waals surface area contributed by atoms with E-state index in [1.165, 1.54) is 0 Å². The fourth-order valence-corrected chi connectivity index (χ4v) is 2.87. The molecule has 1 amide bonds. The summed E-state index contributed by atoms with van der Waals surface area (Å²) in [7, 11) is 0. The van der Waals surface area contributed by atoms with Crippen molar-refractivity contribution in [3.8, 4) is 11.4 Å². The van der Waals surface area contributed by atoms with Crippen LogP contribution in [-0.2, 0) is 11.3 Å². The zero-order valence-corrected chi connectivity index (χ0v) is 13.5. The van der Waals surface area contributed by atoms with Crippen molar-refractivity contribution in [2.75, 3.05) is 0 Å². The molecule has 5 nitrogen and oxygen atoms in total. The molecule has 1 atom stereocenters. The summed E-state index contributed by atoms with van der Waals surface area (Å²) in [6.07, 6.45) is 5.76. The lowest BCUT2D eigenvalue weighted by Crippen LogP contribution is -2.34. The van der Waals surface area contributed by atoms with Gasteiger partial charge >= 0.3 is 0 Å². The summed E-state index contributed by atoms with van der Waals surface area (Å²) >= 11 is 0. The molecule has 1 unspecified atom stereocenters. The van der Waals surface area contributed by atoms with Crippen LogP contribution in [0, 0.1) is 0 Å². The maximum atomic E-state index is 12.2. The van der Waals surface area contributed by atoms with Gasteiger partial charge in [-0.25, -0.2) is 4.98 Å². The van der Waals surface area contributed by atoms with Gasteiger partial charge in [0.2, 0.25) is 5.91 Å². The van der Waals surface area contributed by atoms with E-state index in [1.807, 2.05) is 42.0 Å². The molecule has 0 saturated heterocycles. The van der Waals surface area contributed by atoms with Crippen molar-refractivity contribution in [2.24, 2.45) is 0 Å². The first kappa shape index (κ1) is 15.3. The van der Waals surface area contributed by atoms with Crippen LogP contribution in [0.2, 0.25) is 0 Å². The van der Waals surface area contributed by atoms with Crippen LogP contribution < -0.4 is 5.32 Å². The topological polar surface area (TPSA) is 62.7 Å². The van der Waals surface area contributed by atoms with Crippen LogP contribution in [0.4, 0.5) is 0 Å². The van der Waals surface area contributed by atoms with E-state index in [9.17, 15) is 4.79 Å². The normalized spacial score (nSPS) is 12.4. The van der Waals surface area contributed by atoms with Crippen LogP contribution in [0.5, 0.6) is 0 Å². The third kappa shape index (κ3) is 3.44. The minimum atomic E-state index is 0.0395. The molecule has 120 valence electrons. The smallest absolute Gasteiger partial charge is 0.240 e. The van der Waals surface area contributed by atoms with Crippen molar-refractivity contribution in [3.63, 3.8) is 0 Å². The quantitative estimate of drug-likeness (QED) is 0.733. The van der Waals surface area contributed by atoms with E-state index < -0.39 is 0 Å². The van der Waals surface area contributed by atoms with Crippen molar-refractivity contribution in [1.82, 2.24) is 19.9 Å². The number of amides is 1. The highest BCUT2D eigenvalue weighted by atomic mass is 16.2. The first-order chi connectivity index (χ1) is 11.2. The van der Waals surface area contributed by atoms with Crippen LogP contribution in [0.3, 0.4) is 0 Å². The maximum Gasteiger partial charge on any atom is 0.240 e. The van der Waals surface area contributed by atoms with Gasteiger partial charge in [-0.05, 0) is 43.7 Å². The van der Waals surface area contributed by atoms with Crippen LogP contribution >= 0.6 is 0 Å². The van der Waals surface area contributed by atoms with Crippen LogP contribution in [0.15, 0.2) is 42.7 Å². The predicted octanol–water partition coefficient (Wildman–Crippen LogP) is 3.34. The fraction of sp³-hybridized carbons (Fsp3) is 0.333. The first-order valence-electron chi connectivity index (χ1n) is 8.06. The van der Waals surface area contributed by atoms with Gasteiger partial charge in [-0.15, -0.1) is 0 Å². The summed E-state index contributed by atoms with van der Waals surface area (Å²) in [6.45, 7) is 4.48. The zero-order chi connectivity index (χ0) is 16.2. The molecule has 0 saturated carbocycles. The third-order valence-corrected chi connectivity index (χ3v) is 3.94. The molecule has 0 bridgehead atoms. The van der Waals surface area contributed by atoms with Crippen LogP contribution in [0.25, 0.3) is 22.4 Å². The number of nitrogens with one attached hydrogen (secondary N) is 2. The second-order valence-corrected chi connectivity index (χ2v) is 5.90. The molecule has 2 N–H and O–H groups in total. The second-order valence-electron chi connectivity index (χ2n) is 5.90. The van der Waals surface area contributed by atoms with Gasteiger partial charge in [0, 0.05) is 23.8 Å². The molecule has 3 aromatic rings. The van der Waals surface area contributed by atoms with Gasteiger partial charge in [-0.3, -0.25) is 4.79 Å². The van der Waals surface area contributed by atoms with Gasteiger partial charge in [0.15, 0.2) is 0 Å². The summed E-state index contributed by atoms with van der Waals surface area (Å²) in [6, 6.07) is 10.2. The van der Waals surface area contributed by atoms with E-state index in [4.69, 9.17) is 0 Å². The average molecular weight is 310 g/mol. The number of carbonyl (C=O) groups excluding carboxylic acids is 1. The lowest BCUT2D eigenvalue weighted by molar-refractivity contribution is -0.122. The third-order valence-electron chi connectivity index (χ3n) is 3.94. The highest BCUT2D eigenvalue weighted by Crippen LogP contribution is 2.23. The van der Waals surface area contributed by atoms with E-state index in [1.54, 1.807) is 6.20 Å². The van der Waals surface area contributed by atoms with Crippen molar-refractivity contribution < 1.29 is 4.79 Å².